The van der Waals surface area contributed by atoms with E-state index in [2.05, 4.69) is 39.1 Å². The molecule has 1 saturated heterocycles. The highest BCUT2D eigenvalue weighted by molar-refractivity contribution is 5.92. The van der Waals surface area contributed by atoms with Gasteiger partial charge in [-0.1, -0.05) is 38.8 Å². The number of hydrogen-bond donors (Lipinski definition) is 1. The first-order valence-corrected chi connectivity index (χ1v) is 14.9. The predicted molar refractivity (Wildman–Crippen MR) is 155 cm³/mol. The van der Waals surface area contributed by atoms with Gasteiger partial charge in [0.2, 0.25) is 5.91 Å². The van der Waals surface area contributed by atoms with Crippen LogP contribution in [-0.4, -0.2) is 68.5 Å². The zero-order valence-electron chi connectivity index (χ0n) is 24.2. The van der Waals surface area contributed by atoms with Crippen molar-refractivity contribution >= 4 is 11.7 Å². The van der Waals surface area contributed by atoms with Crippen LogP contribution in [-0.2, 0) is 27.9 Å². The SMILES string of the molecule is CC(C)C1CCOCCN1C1CC(C(=O)Nc2cccc(-c3cnc(COC4CCCC4)nc3)ccn(C)n2)C1. The van der Waals surface area contributed by atoms with Gasteiger partial charge in [-0.05, 0) is 55.7 Å². The van der Waals surface area contributed by atoms with E-state index in [0.29, 0.717) is 42.4 Å². The van der Waals surface area contributed by atoms with Crippen molar-refractivity contribution in [1.29, 1.82) is 0 Å². The Balaban J connectivity index is 1.19. The van der Waals surface area contributed by atoms with Crippen LogP contribution in [0.5, 0.6) is 0 Å². The molecule has 2 aromatic heterocycles. The number of aromatic nitrogens is 4. The van der Waals surface area contributed by atoms with Gasteiger partial charge in [-0.15, -0.1) is 0 Å². The average Bonchev–Trinajstić information content (AvgIpc) is 3.35. The molecule has 2 aromatic rings. The summed E-state index contributed by atoms with van der Waals surface area (Å²) in [5, 5.41) is 7.63. The fourth-order valence-corrected chi connectivity index (χ4v) is 6.09. The summed E-state index contributed by atoms with van der Waals surface area (Å²) in [5.74, 6) is 1.85. The lowest BCUT2D eigenvalue weighted by Crippen LogP contribution is -2.53. The van der Waals surface area contributed by atoms with Crippen LogP contribution in [0.3, 0.4) is 0 Å². The Hall–Kier alpha value is -2.88. The van der Waals surface area contributed by atoms with Crippen LogP contribution < -0.4 is 5.32 Å². The van der Waals surface area contributed by atoms with E-state index in [1.807, 2.05) is 49.9 Å². The lowest BCUT2D eigenvalue weighted by molar-refractivity contribution is -0.125. The molecule has 3 heterocycles. The Morgan fingerprint density at radius 2 is 1.85 bits per heavy atom. The fraction of sp³-hybridized carbons (Fsp3) is 0.613. The highest BCUT2D eigenvalue weighted by Gasteiger charge is 2.41. The van der Waals surface area contributed by atoms with E-state index in [1.54, 1.807) is 4.68 Å². The van der Waals surface area contributed by atoms with Crippen LogP contribution >= 0.6 is 0 Å². The van der Waals surface area contributed by atoms with Gasteiger partial charge in [-0.25, -0.2) is 9.97 Å². The predicted octanol–water partition coefficient (Wildman–Crippen LogP) is 4.92. The van der Waals surface area contributed by atoms with E-state index in [9.17, 15) is 4.79 Å². The first kappa shape index (κ1) is 28.6. The molecule has 1 aliphatic heterocycles. The third kappa shape index (κ3) is 7.44. The lowest BCUT2D eigenvalue weighted by Gasteiger charge is -2.46. The molecule has 216 valence electrons. The summed E-state index contributed by atoms with van der Waals surface area (Å²) >= 11 is 0. The second kappa shape index (κ2) is 13.7. The zero-order chi connectivity index (χ0) is 27.9. The molecular formula is C31H44N6O3. The van der Waals surface area contributed by atoms with Gasteiger partial charge in [0.25, 0.3) is 0 Å². The van der Waals surface area contributed by atoms with Crippen LogP contribution in [0.1, 0.15) is 64.6 Å². The van der Waals surface area contributed by atoms with E-state index < -0.39 is 0 Å². The van der Waals surface area contributed by atoms with E-state index in [0.717, 1.165) is 63.0 Å². The van der Waals surface area contributed by atoms with Crippen molar-refractivity contribution < 1.29 is 14.3 Å². The first-order valence-electron chi connectivity index (χ1n) is 14.9. The highest BCUT2D eigenvalue weighted by Crippen LogP contribution is 2.36. The number of amides is 1. The standard InChI is InChI=1S/C31H44N6O3/c1-22(2)28-12-15-39-16-14-37(28)26-17-24(18-26)31(38)34-29-10-6-7-23(11-13-36(3)35-29)25-19-32-30(33-20-25)21-40-27-8-4-5-9-27/h6-7,10-11,13,19-20,22,24,26-28H,4-5,8-9,12,14-18,21H2,1-3H3,(H,34,35,38). The smallest absolute Gasteiger partial charge is 0.228 e. The largest absolute Gasteiger partial charge is 0.380 e. The topological polar surface area (TPSA) is 94.4 Å². The molecular weight excluding hydrogens is 504 g/mol. The molecule has 2 saturated carbocycles. The number of anilines is 1. The third-order valence-electron chi connectivity index (χ3n) is 8.51. The van der Waals surface area contributed by atoms with Gasteiger partial charge in [-0.2, -0.15) is 5.10 Å². The molecule has 1 unspecified atom stereocenters. The van der Waals surface area contributed by atoms with Gasteiger partial charge in [0.1, 0.15) is 6.61 Å². The molecule has 9 heteroatoms. The number of nitrogens with one attached hydrogen (secondary N) is 1. The number of carbonyl (C=O) groups excluding carboxylic acids is 1. The minimum absolute atomic E-state index is 0.00553. The van der Waals surface area contributed by atoms with E-state index in [1.165, 1.54) is 12.8 Å². The van der Waals surface area contributed by atoms with E-state index >= 15 is 0 Å². The van der Waals surface area contributed by atoms with Crippen molar-refractivity contribution in [2.45, 2.75) is 83.6 Å². The number of hydrogen-bond acceptors (Lipinski definition) is 7. The maximum absolute atomic E-state index is 13.1. The van der Waals surface area contributed by atoms with Crippen molar-refractivity contribution in [3.8, 4) is 11.1 Å². The van der Waals surface area contributed by atoms with Crippen LogP contribution in [0.25, 0.3) is 11.1 Å². The Kier molecular flexibility index (Phi) is 9.78. The minimum atomic E-state index is 0.00553. The van der Waals surface area contributed by atoms with Crippen molar-refractivity contribution in [3.63, 3.8) is 0 Å². The Labute approximate surface area is 238 Å². The second-order valence-electron chi connectivity index (χ2n) is 11.7. The van der Waals surface area contributed by atoms with Gasteiger partial charge in [-0.3, -0.25) is 14.4 Å². The monoisotopic (exact) mass is 548 g/mol. The van der Waals surface area contributed by atoms with E-state index in [-0.39, 0.29) is 11.8 Å². The summed E-state index contributed by atoms with van der Waals surface area (Å²) in [7, 11) is 1.85. The molecule has 0 radical (unpaired) electrons. The number of aryl methyl sites for hydroxylation is 1. The summed E-state index contributed by atoms with van der Waals surface area (Å²) in [6, 6.07) is 8.66. The van der Waals surface area contributed by atoms with Gasteiger partial charge in [0, 0.05) is 62.4 Å². The third-order valence-corrected chi connectivity index (χ3v) is 8.51. The molecule has 1 atom stereocenters. The maximum Gasteiger partial charge on any atom is 0.228 e. The van der Waals surface area contributed by atoms with Crippen molar-refractivity contribution in [3.05, 3.63) is 48.7 Å². The Bertz CT molecular complexity index is 1170. The van der Waals surface area contributed by atoms with Crippen LogP contribution in [0.4, 0.5) is 5.82 Å². The molecule has 9 nitrogen and oxygen atoms in total. The van der Waals surface area contributed by atoms with Gasteiger partial charge in [0.05, 0.1) is 12.7 Å². The zero-order valence-corrected chi connectivity index (χ0v) is 24.2. The maximum atomic E-state index is 13.1. The molecule has 5 rings (SSSR count). The molecule has 3 aliphatic rings. The molecule has 0 bridgehead atoms. The lowest BCUT2D eigenvalue weighted by atomic mass is 9.77. The minimum Gasteiger partial charge on any atom is -0.380 e. The highest BCUT2D eigenvalue weighted by atomic mass is 16.5. The quantitative estimate of drug-likeness (QED) is 0.500. The van der Waals surface area contributed by atoms with Crippen LogP contribution in [0, 0.1) is 11.8 Å². The summed E-state index contributed by atoms with van der Waals surface area (Å²) in [4.78, 5) is 24.7. The molecule has 0 aromatic carbocycles. The van der Waals surface area contributed by atoms with Crippen molar-refractivity contribution in [1.82, 2.24) is 24.6 Å². The Morgan fingerprint density at radius 3 is 2.60 bits per heavy atom. The number of nitrogens with zero attached hydrogens (tertiary/aromatic N) is 5. The summed E-state index contributed by atoms with van der Waals surface area (Å²) in [6.07, 6.45) is 13.5. The first-order chi connectivity index (χ1) is 19.5. The van der Waals surface area contributed by atoms with E-state index in [4.69, 9.17) is 9.47 Å². The van der Waals surface area contributed by atoms with Crippen LogP contribution in [0.2, 0.25) is 0 Å². The average molecular weight is 549 g/mol. The summed E-state index contributed by atoms with van der Waals surface area (Å²) < 4.78 is 13.4. The van der Waals surface area contributed by atoms with Crippen molar-refractivity contribution in [2.75, 3.05) is 25.1 Å². The summed E-state index contributed by atoms with van der Waals surface area (Å²) in [6.45, 7) is 7.57. The van der Waals surface area contributed by atoms with Crippen molar-refractivity contribution in [2.24, 2.45) is 18.9 Å². The molecule has 1 N–H and O–H groups in total. The molecule has 40 heavy (non-hydrogen) atoms. The van der Waals surface area contributed by atoms with Crippen LogP contribution in [0.15, 0.2) is 42.9 Å². The summed E-state index contributed by atoms with van der Waals surface area (Å²) in [5.41, 5.74) is 1.86. The second-order valence-corrected chi connectivity index (χ2v) is 11.7. The van der Waals surface area contributed by atoms with Gasteiger partial charge < -0.3 is 14.8 Å². The molecule has 3 fully saturated rings. The number of rotatable bonds is 8. The molecule has 2 aliphatic carbocycles. The Morgan fingerprint density at radius 1 is 1.07 bits per heavy atom. The number of ether oxygens (including phenoxy) is 2. The van der Waals surface area contributed by atoms with Gasteiger partial charge in [0.15, 0.2) is 11.6 Å². The molecule has 0 spiro atoms. The number of carbonyl (C=O) groups is 1. The van der Waals surface area contributed by atoms with Gasteiger partial charge >= 0.3 is 0 Å². The normalized spacial score (nSPS) is 23.9. The fourth-order valence-electron chi connectivity index (χ4n) is 6.09. The molecule has 1 amide bonds.